The number of hydrogen-bond donors (Lipinski definition) is 1. The molecular formula is C31H31F3N4O. The third-order valence-corrected chi connectivity index (χ3v) is 7.70. The van der Waals surface area contributed by atoms with Crippen LogP contribution in [-0.2, 0) is 12.7 Å². The van der Waals surface area contributed by atoms with E-state index in [1.165, 1.54) is 5.56 Å². The molecule has 0 unspecified atom stereocenters. The van der Waals surface area contributed by atoms with Crippen molar-refractivity contribution in [2.24, 2.45) is 0 Å². The van der Waals surface area contributed by atoms with Gasteiger partial charge in [-0.25, -0.2) is 0 Å². The summed E-state index contributed by atoms with van der Waals surface area (Å²) in [6, 6.07) is 24.7. The van der Waals surface area contributed by atoms with Gasteiger partial charge in [0.05, 0.1) is 11.1 Å². The molecule has 3 aromatic carbocycles. The lowest BCUT2D eigenvalue weighted by atomic mass is 10.1. The summed E-state index contributed by atoms with van der Waals surface area (Å²) in [5.41, 5.74) is 3.18. The third kappa shape index (κ3) is 5.72. The SMILES string of the molecule is Cc1cc(Nc2cc(OCCN3C[C@H]4C[C@@H]3CN4Cc3ccccc3)cc(C(F)(F)F)c2)c2ccccc2n1. The van der Waals surface area contributed by atoms with Gasteiger partial charge in [-0.05, 0) is 43.2 Å². The van der Waals surface area contributed by atoms with Gasteiger partial charge in [-0.1, -0.05) is 48.5 Å². The van der Waals surface area contributed by atoms with Gasteiger partial charge in [0.15, 0.2) is 0 Å². The Bertz CT molecular complexity index is 1460. The number of hydrogen-bond acceptors (Lipinski definition) is 5. The molecule has 0 amide bonds. The maximum atomic E-state index is 13.8. The lowest BCUT2D eigenvalue weighted by Crippen LogP contribution is -2.47. The largest absolute Gasteiger partial charge is 0.492 e. The highest BCUT2D eigenvalue weighted by atomic mass is 19.4. The number of benzene rings is 3. The van der Waals surface area contributed by atoms with E-state index in [1.54, 1.807) is 6.07 Å². The number of piperazine rings is 1. The van der Waals surface area contributed by atoms with E-state index in [0.717, 1.165) is 54.8 Å². The van der Waals surface area contributed by atoms with Gasteiger partial charge < -0.3 is 10.1 Å². The van der Waals surface area contributed by atoms with E-state index < -0.39 is 11.7 Å². The van der Waals surface area contributed by atoms with Crippen LogP contribution in [0.4, 0.5) is 24.5 Å². The van der Waals surface area contributed by atoms with E-state index in [1.807, 2.05) is 43.3 Å². The Morgan fingerprint density at radius 1 is 0.923 bits per heavy atom. The average Bonchev–Trinajstić information content (AvgIpc) is 3.49. The molecule has 0 spiro atoms. The summed E-state index contributed by atoms with van der Waals surface area (Å²) < 4.78 is 47.2. The van der Waals surface area contributed by atoms with Gasteiger partial charge in [0.2, 0.25) is 0 Å². The van der Waals surface area contributed by atoms with Crippen molar-refractivity contribution in [2.75, 3.05) is 31.6 Å². The molecule has 2 saturated heterocycles. The van der Waals surface area contributed by atoms with Gasteiger partial charge in [0.1, 0.15) is 12.4 Å². The van der Waals surface area contributed by atoms with Gasteiger partial charge in [-0.15, -0.1) is 0 Å². The van der Waals surface area contributed by atoms with Crippen LogP contribution in [0, 0.1) is 6.92 Å². The maximum Gasteiger partial charge on any atom is 0.416 e. The maximum absolute atomic E-state index is 13.8. The first kappa shape index (κ1) is 25.6. The Kier molecular flexibility index (Phi) is 6.91. The van der Waals surface area contributed by atoms with Crippen molar-refractivity contribution in [1.82, 2.24) is 14.8 Å². The fourth-order valence-electron chi connectivity index (χ4n) is 5.88. The fraction of sp³-hybridized carbons (Fsp3) is 0.323. The highest BCUT2D eigenvalue weighted by molar-refractivity contribution is 5.93. The number of pyridine rings is 1. The molecule has 4 aromatic rings. The summed E-state index contributed by atoms with van der Waals surface area (Å²) in [6.45, 7) is 5.82. The minimum Gasteiger partial charge on any atom is -0.492 e. The number of para-hydroxylation sites is 1. The van der Waals surface area contributed by atoms with Gasteiger partial charge in [0, 0.05) is 66.8 Å². The predicted molar refractivity (Wildman–Crippen MR) is 147 cm³/mol. The number of nitrogens with one attached hydrogen (secondary N) is 1. The van der Waals surface area contributed by atoms with E-state index in [-0.39, 0.29) is 5.75 Å². The quantitative estimate of drug-likeness (QED) is 0.275. The molecule has 6 rings (SSSR count). The van der Waals surface area contributed by atoms with Crippen LogP contribution in [0.2, 0.25) is 0 Å². The molecule has 0 saturated carbocycles. The van der Waals surface area contributed by atoms with E-state index in [9.17, 15) is 13.2 Å². The number of nitrogens with zero attached hydrogens (tertiary/aromatic N) is 3. The fourth-order valence-corrected chi connectivity index (χ4v) is 5.88. The van der Waals surface area contributed by atoms with Crippen LogP contribution in [0.25, 0.3) is 10.9 Å². The van der Waals surface area contributed by atoms with E-state index in [4.69, 9.17) is 4.74 Å². The number of likely N-dealkylation sites (tertiary alicyclic amines) is 2. The number of aromatic nitrogens is 1. The number of aryl methyl sites for hydroxylation is 1. The zero-order valence-corrected chi connectivity index (χ0v) is 21.8. The summed E-state index contributed by atoms with van der Waals surface area (Å²) in [6.07, 6.45) is -3.36. The number of halogens is 3. The van der Waals surface area contributed by atoms with Crippen LogP contribution in [-0.4, -0.2) is 53.1 Å². The van der Waals surface area contributed by atoms with E-state index >= 15 is 0 Å². The minimum absolute atomic E-state index is 0.206. The second kappa shape index (κ2) is 10.5. The van der Waals surface area contributed by atoms with Crippen molar-refractivity contribution in [2.45, 2.75) is 38.1 Å². The first-order valence-corrected chi connectivity index (χ1v) is 13.3. The molecule has 5 nitrogen and oxygen atoms in total. The number of anilines is 2. The average molecular weight is 533 g/mol. The lowest BCUT2D eigenvalue weighted by Gasteiger charge is -2.34. The van der Waals surface area contributed by atoms with Crippen LogP contribution in [0.3, 0.4) is 0 Å². The first-order chi connectivity index (χ1) is 18.8. The standard InChI is InChI=1S/C31H31F3N4O/c1-21-13-30(28-9-5-6-10-29(28)35-21)36-24-14-23(31(32,33)34)15-27(16-24)39-12-11-37-19-26-17-25(37)20-38(26)18-22-7-3-2-4-8-22/h2-10,13-16,25-26H,11-12,17-20H2,1H3,(H,35,36)/t25-,26-/m1/s1. The molecule has 39 heavy (non-hydrogen) atoms. The van der Waals surface area contributed by atoms with Crippen molar-refractivity contribution < 1.29 is 17.9 Å². The summed E-state index contributed by atoms with van der Waals surface area (Å²) in [4.78, 5) is 9.46. The molecule has 2 aliphatic rings. The monoisotopic (exact) mass is 532 g/mol. The van der Waals surface area contributed by atoms with Crippen molar-refractivity contribution in [3.05, 3.63) is 95.7 Å². The Hall–Kier alpha value is -3.62. The number of alkyl halides is 3. The van der Waals surface area contributed by atoms with E-state index in [2.05, 4.69) is 44.4 Å². The molecule has 2 atom stereocenters. The second-order valence-electron chi connectivity index (χ2n) is 10.5. The predicted octanol–water partition coefficient (Wildman–Crippen LogP) is 6.64. The molecule has 1 aromatic heterocycles. The molecule has 0 aliphatic carbocycles. The van der Waals surface area contributed by atoms with Crippen LogP contribution in [0.15, 0.2) is 78.9 Å². The molecule has 8 heteroatoms. The number of rotatable bonds is 8. The Labute approximate surface area is 226 Å². The van der Waals surface area contributed by atoms with Crippen molar-refractivity contribution in [3.63, 3.8) is 0 Å². The number of fused-ring (bicyclic) bond motifs is 3. The van der Waals surface area contributed by atoms with Crippen LogP contribution in [0.1, 0.15) is 23.2 Å². The topological polar surface area (TPSA) is 40.6 Å². The second-order valence-corrected chi connectivity index (χ2v) is 10.5. The molecular weight excluding hydrogens is 501 g/mol. The molecule has 2 bridgehead atoms. The van der Waals surface area contributed by atoms with Gasteiger partial charge >= 0.3 is 6.18 Å². The zero-order valence-electron chi connectivity index (χ0n) is 21.8. The summed E-state index contributed by atoms with van der Waals surface area (Å²) in [5, 5.41) is 4.02. The first-order valence-electron chi connectivity index (χ1n) is 13.3. The van der Waals surface area contributed by atoms with Crippen molar-refractivity contribution in [1.29, 1.82) is 0 Å². The van der Waals surface area contributed by atoms with Gasteiger partial charge in [0.25, 0.3) is 0 Å². The molecule has 1 N–H and O–H groups in total. The van der Waals surface area contributed by atoms with Crippen molar-refractivity contribution in [3.8, 4) is 5.75 Å². The zero-order chi connectivity index (χ0) is 27.0. The Balaban J connectivity index is 1.12. The van der Waals surface area contributed by atoms with Gasteiger partial charge in [-0.3, -0.25) is 14.8 Å². The normalized spacial score (nSPS) is 19.6. The van der Waals surface area contributed by atoms with E-state index in [0.29, 0.717) is 36.6 Å². The summed E-state index contributed by atoms with van der Waals surface area (Å²) >= 11 is 0. The van der Waals surface area contributed by atoms with Crippen LogP contribution < -0.4 is 10.1 Å². The lowest BCUT2D eigenvalue weighted by molar-refractivity contribution is -0.137. The van der Waals surface area contributed by atoms with Gasteiger partial charge in [-0.2, -0.15) is 13.2 Å². The van der Waals surface area contributed by atoms with Crippen molar-refractivity contribution >= 4 is 22.3 Å². The summed E-state index contributed by atoms with van der Waals surface area (Å²) in [7, 11) is 0. The van der Waals surface area contributed by atoms with Crippen LogP contribution >= 0.6 is 0 Å². The molecule has 2 aliphatic heterocycles. The smallest absolute Gasteiger partial charge is 0.416 e. The minimum atomic E-state index is -4.48. The Morgan fingerprint density at radius 2 is 1.67 bits per heavy atom. The highest BCUT2D eigenvalue weighted by Gasteiger charge is 2.42. The molecule has 2 fully saturated rings. The summed E-state index contributed by atoms with van der Waals surface area (Å²) in [5.74, 6) is 0.206. The third-order valence-electron chi connectivity index (χ3n) is 7.70. The Morgan fingerprint density at radius 3 is 2.44 bits per heavy atom. The number of ether oxygens (including phenoxy) is 1. The highest BCUT2D eigenvalue weighted by Crippen LogP contribution is 2.36. The molecule has 0 radical (unpaired) electrons. The van der Waals surface area contributed by atoms with Crippen LogP contribution in [0.5, 0.6) is 5.75 Å². The molecule has 202 valence electrons. The molecule has 3 heterocycles.